The fourth-order valence-electron chi connectivity index (χ4n) is 1.12. The summed E-state index contributed by atoms with van der Waals surface area (Å²) in [4.78, 5) is 8.12. The first-order chi connectivity index (χ1) is 6.79. The van der Waals surface area contributed by atoms with E-state index in [1.165, 1.54) is 0 Å². The van der Waals surface area contributed by atoms with Gasteiger partial charge in [0.15, 0.2) is 0 Å². The molecule has 2 rings (SSSR count). The predicted molar refractivity (Wildman–Crippen MR) is 52.9 cm³/mol. The summed E-state index contributed by atoms with van der Waals surface area (Å²) in [5.74, 6) is 0.952. The molecule has 0 saturated heterocycles. The van der Waals surface area contributed by atoms with Crippen LogP contribution < -0.4 is 5.73 Å². The SMILES string of the molecule is CCc1cnn(-c2nccc(N)n2)c1. The number of nitrogens with two attached hydrogens (primary N) is 1. The van der Waals surface area contributed by atoms with Crippen molar-refractivity contribution >= 4 is 5.82 Å². The van der Waals surface area contributed by atoms with Crippen LogP contribution in [0.4, 0.5) is 5.82 Å². The highest BCUT2D eigenvalue weighted by Gasteiger charge is 2.01. The second-order valence-electron chi connectivity index (χ2n) is 2.93. The summed E-state index contributed by atoms with van der Waals surface area (Å²) < 4.78 is 1.62. The van der Waals surface area contributed by atoms with E-state index >= 15 is 0 Å². The summed E-state index contributed by atoms with van der Waals surface area (Å²) in [6.07, 6.45) is 6.26. The maximum absolute atomic E-state index is 5.54. The highest BCUT2D eigenvalue weighted by atomic mass is 15.3. The molecular weight excluding hydrogens is 178 g/mol. The van der Waals surface area contributed by atoms with Crippen LogP contribution in [0.3, 0.4) is 0 Å². The molecule has 0 fully saturated rings. The van der Waals surface area contributed by atoms with Gasteiger partial charge in [-0.3, -0.25) is 0 Å². The number of nitrogen functional groups attached to an aromatic ring is 1. The number of anilines is 1. The number of hydrogen-bond acceptors (Lipinski definition) is 4. The molecule has 0 bridgehead atoms. The van der Waals surface area contributed by atoms with Crippen molar-refractivity contribution in [1.82, 2.24) is 19.7 Å². The average molecular weight is 189 g/mol. The summed E-state index contributed by atoms with van der Waals surface area (Å²) in [5.41, 5.74) is 6.69. The standard InChI is InChI=1S/C9H11N5/c1-2-7-5-12-14(6-7)9-11-4-3-8(10)13-9/h3-6H,2H2,1H3,(H2,10,11,13). The number of nitrogens with zero attached hydrogens (tertiary/aromatic N) is 4. The van der Waals surface area contributed by atoms with Crippen molar-refractivity contribution in [3.63, 3.8) is 0 Å². The Hall–Kier alpha value is -1.91. The van der Waals surface area contributed by atoms with Crippen LogP contribution in [0.1, 0.15) is 12.5 Å². The molecule has 5 heteroatoms. The zero-order chi connectivity index (χ0) is 9.97. The topological polar surface area (TPSA) is 69.6 Å². The molecule has 0 aliphatic carbocycles. The lowest BCUT2D eigenvalue weighted by atomic mass is 10.3. The normalized spacial score (nSPS) is 10.4. The summed E-state index contributed by atoms with van der Waals surface area (Å²) in [6, 6.07) is 1.65. The number of hydrogen-bond donors (Lipinski definition) is 1. The minimum absolute atomic E-state index is 0.448. The Morgan fingerprint density at radius 1 is 1.50 bits per heavy atom. The van der Waals surface area contributed by atoms with Gasteiger partial charge in [0.05, 0.1) is 6.20 Å². The lowest BCUT2D eigenvalue weighted by Crippen LogP contribution is -2.03. The van der Waals surface area contributed by atoms with Crippen LogP contribution in [0.5, 0.6) is 0 Å². The molecular formula is C9H11N5. The molecule has 2 aromatic heterocycles. The molecule has 0 radical (unpaired) electrons. The highest BCUT2D eigenvalue weighted by Crippen LogP contribution is 2.04. The molecule has 0 saturated carbocycles. The third kappa shape index (κ3) is 1.56. The second-order valence-corrected chi connectivity index (χ2v) is 2.93. The van der Waals surface area contributed by atoms with Crippen LogP contribution in [-0.2, 0) is 6.42 Å². The average Bonchev–Trinajstić information content (AvgIpc) is 2.66. The molecule has 2 heterocycles. The van der Waals surface area contributed by atoms with E-state index in [2.05, 4.69) is 22.0 Å². The second kappa shape index (κ2) is 3.45. The lowest BCUT2D eigenvalue weighted by molar-refractivity contribution is 0.809. The van der Waals surface area contributed by atoms with E-state index in [1.54, 1.807) is 23.1 Å². The van der Waals surface area contributed by atoms with Gasteiger partial charge in [0.25, 0.3) is 5.95 Å². The Morgan fingerprint density at radius 3 is 3.00 bits per heavy atom. The van der Waals surface area contributed by atoms with Gasteiger partial charge in [-0.15, -0.1) is 0 Å². The van der Waals surface area contributed by atoms with Crippen LogP contribution >= 0.6 is 0 Å². The number of rotatable bonds is 2. The first kappa shape index (κ1) is 8.68. The van der Waals surface area contributed by atoms with Crippen molar-refractivity contribution in [3.05, 3.63) is 30.2 Å². The van der Waals surface area contributed by atoms with Crippen molar-refractivity contribution in [1.29, 1.82) is 0 Å². The third-order valence-corrected chi connectivity index (χ3v) is 1.91. The van der Waals surface area contributed by atoms with Crippen LogP contribution in [0, 0.1) is 0 Å². The van der Waals surface area contributed by atoms with Gasteiger partial charge in [-0.1, -0.05) is 6.92 Å². The van der Waals surface area contributed by atoms with Crippen LogP contribution in [0.2, 0.25) is 0 Å². The van der Waals surface area contributed by atoms with Crippen molar-refractivity contribution in [2.45, 2.75) is 13.3 Å². The zero-order valence-electron chi connectivity index (χ0n) is 7.88. The molecule has 0 aromatic carbocycles. The lowest BCUT2D eigenvalue weighted by Gasteiger charge is -1.98. The first-order valence-electron chi connectivity index (χ1n) is 4.42. The molecule has 0 unspecified atom stereocenters. The summed E-state index contributed by atoms with van der Waals surface area (Å²) in [5, 5.41) is 4.13. The molecule has 0 aliphatic heterocycles. The molecule has 0 atom stereocenters. The Kier molecular flexibility index (Phi) is 2.14. The largest absolute Gasteiger partial charge is 0.384 e. The van der Waals surface area contributed by atoms with E-state index < -0.39 is 0 Å². The smallest absolute Gasteiger partial charge is 0.252 e. The fraction of sp³-hybridized carbons (Fsp3) is 0.222. The Balaban J connectivity index is 2.39. The van der Waals surface area contributed by atoms with Crippen molar-refractivity contribution < 1.29 is 0 Å². The maximum Gasteiger partial charge on any atom is 0.252 e. The Labute approximate surface area is 81.6 Å². The molecule has 5 nitrogen and oxygen atoms in total. The number of aromatic nitrogens is 4. The highest BCUT2D eigenvalue weighted by molar-refractivity contribution is 5.29. The Morgan fingerprint density at radius 2 is 2.36 bits per heavy atom. The minimum atomic E-state index is 0.448. The molecule has 0 aliphatic rings. The summed E-state index contributed by atoms with van der Waals surface area (Å²) >= 11 is 0. The van der Waals surface area contributed by atoms with E-state index in [0.29, 0.717) is 11.8 Å². The van der Waals surface area contributed by atoms with Crippen molar-refractivity contribution in [3.8, 4) is 5.95 Å². The third-order valence-electron chi connectivity index (χ3n) is 1.91. The van der Waals surface area contributed by atoms with Gasteiger partial charge in [0.1, 0.15) is 5.82 Å². The van der Waals surface area contributed by atoms with Gasteiger partial charge >= 0.3 is 0 Å². The van der Waals surface area contributed by atoms with E-state index in [-0.39, 0.29) is 0 Å². The van der Waals surface area contributed by atoms with Crippen LogP contribution in [0.25, 0.3) is 5.95 Å². The van der Waals surface area contributed by atoms with Gasteiger partial charge in [0, 0.05) is 12.4 Å². The maximum atomic E-state index is 5.54. The van der Waals surface area contributed by atoms with Gasteiger partial charge < -0.3 is 5.73 Å². The van der Waals surface area contributed by atoms with Crippen molar-refractivity contribution in [2.75, 3.05) is 5.73 Å². The summed E-state index contributed by atoms with van der Waals surface area (Å²) in [6.45, 7) is 2.07. The first-order valence-corrected chi connectivity index (χ1v) is 4.42. The zero-order valence-corrected chi connectivity index (χ0v) is 7.88. The van der Waals surface area contributed by atoms with Crippen LogP contribution in [0.15, 0.2) is 24.7 Å². The van der Waals surface area contributed by atoms with Crippen LogP contribution in [-0.4, -0.2) is 19.7 Å². The Bertz CT molecular complexity index is 434. The molecule has 14 heavy (non-hydrogen) atoms. The number of aryl methyl sites for hydroxylation is 1. The molecule has 0 amide bonds. The van der Waals surface area contributed by atoms with Crippen molar-refractivity contribution in [2.24, 2.45) is 0 Å². The minimum Gasteiger partial charge on any atom is -0.384 e. The molecule has 2 aromatic rings. The van der Waals surface area contributed by atoms with Gasteiger partial charge in [-0.2, -0.15) is 10.1 Å². The molecule has 0 spiro atoms. The fourth-order valence-corrected chi connectivity index (χ4v) is 1.12. The van der Waals surface area contributed by atoms with E-state index in [1.807, 2.05) is 6.20 Å². The quantitative estimate of drug-likeness (QED) is 0.758. The monoisotopic (exact) mass is 189 g/mol. The van der Waals surface area contributed by atoms with E-state index in [9.17, 15) is 0 Å². The predicted octanol–water partition coefficient (Wildman–Crippen LogP) is 0.807. The van der Waals surface area contributed by atoms with Gasteiger partial charge in [-0.25, -0.2) is 9.67 Å². The summed E-state index contributed by atoms with van der Waals surface area (Å²) in [7, 11) is 0. The van der Waals surface area contributed by atoms with Gasteiger partial charge in [0.2, 0.25) is 0 Å². The molecule has 72 valence electrons. The molecule has 2 N–H and O–H groups in total. The van der Waals surface area contributed by atoms with E-state index in [0.717, 1.165) is 12.0 Å². The van der Waals surface area contributed by atoms with E-state index in [4.69, 9.17) is 5.73 Å². The van der Waals surface area contributed by atoms with Gasteiger partial charge in [-0.05, 0) is 18.1 Å².